The maximum Gasteiger partial charge on any atom is 0.234 e. The third-order valence-corrected chi connectivity index (χ3v) is 3.07. The molecule has 0 atom stereocenters. The van der Waals surface area contributed by atoms with E-state index < -0.39 is 0 Å². The first-order valence-electron chi connectivity index (χ1n) is 6.14. The zero-order chi connectivity index (χ0) is 14.4. The van der Waals surface area contributed by atoms with Crippen LogP contribution in [0.25, 0.3) is 5.65 Å². The Morgan fingerprint density at radius 3 is 3.10 bits per heavy atom. The molecule has 2 heterocycles. The van der Waals surface area contributed by atoms with Crippen molar-refractivity contribution in [3.63, 3.8) is 0 Å². The van der Waals surface area contributed by atoms with Gasteiger partial charge in [0.15, 0.2) is 5.65 Å². The molecule has 7 nitrogen and oxygen atoms in total. The van der Waals surface area contributed by atoms with Gasteiger partial charge in [0.2, 0.25) is 5.91 Å². The van der Waals surface area contributed by atoms with Crippen LogP contribution in [0, 0.1) is 0 Å². The van der Waals surface area contributed by atoms with Crippen molar-refractivity contribution in [3.8, 4) is 0 Å². The Balaban J connectivity index is 1.84. The van der Waals surface area contributed by atoms with Crippen molar-refractivity contribution in [1.29, 1.82) is 0 Å². The Morgan fingerprint density at radius 2 is 2.30 bits per heavy atom. The normalized spacial score (nSPS) is 10.9. The molecule has 108 valence electrons. The Bertz CT molecular complexity index is 586. The summed E-state index contributed by atoms with van der Waals surface area (Å²) in [5.74, 6) is -0.0567. The zero-order valence-electron chi connectivity index (χ0n) is 11.1. The highest BCUT2D eigenvalue weighted by atomic mass is 79.9. The summed E-state index contributed by atoms with van der Waals surface area (Å²) < 4.78 is 7.52. The highest BCUT2D eigenvalue weighted by Crippen LogP contribution is 2.10. The Hall–Kier alpha value is -1.51. The predicted octanol–water partition coefficient (Wildman–Crippen LogP) is 0.344. The summed E-state index contributed by atoms with van der Waals surface area (Å²) in [5, 5.41) is 5.82. The third kappa shape index (κ3) is 3.99. The van der Waals surface area contributed by atoms with Crippen LogP contribution in [0.5, 0.6) is 0 Å². The second kappa shape index (κ2) is 7.32. The van der Waals surface area contributed by atoms with Gasteiger partial charge in [-0.3, -0.25) is 9.20 Å². The van der Waals surface area contributed by atoms with E-state index in [4.69, 9.17) is 4.74 Å². The van der Waals surface area contributed by atoms with Gasteiger partial charge in [-0.25, -0.2) is 9.97 Å². The quantitative estimate of drug-likeness (QED) is 0.710. The van der Waals surface area contributed by atoms with E-state index in [0.29, 0.717) is 19.7 Å². The van der Waals surface area contributed by atoms with Crippen molar-refractivity contribution in [2.75, 3.05) is 26.8 Å². The SMILES string of the molecule is COCCNC(=O)CNCc1cnc2cnc(Br)cn12. The first-order chi connectivity index (χ1) is 9.70. The highest BCUT2D eigenvalue weighted by Gasteiger charge is 2.05. The number of hydrogen-bond donors (Lipinski definition) is 2. The number of nitrogens with zero attached hydrogens (tertiary/aromatic N) is 3. The molecule has 0 fully saturated rings. The van der Waals surface area contributed by atoms with Crippen LogP contribution in [-0.2, 0) is 16.1 Å². The maximum atomic E-state index is 11.5. The first-order valence-corrected chi connectivity index (χ1v) is 6.94. The highest BCUT2D eigenvalue weighted by molar-refractivity contribution is 9.10. The summed E-state index contributed by atoms with van der Waals surface area (Å²) in [5.41, 5.74) is 1.74. The molecule has 0 bridgehead atoms. The van der Waals surface area contributed by atoms with E-state index in [2.05, 4.69) is 36.5 Å². The molecular formula is C12H16BrN5O2. The van der Waals surface area contributed by atoms with Crippen LogP contribution in [0.1, 0.15) is 5.69 Å². The molecule has 20 heavy (non-hydrogen) atoms. The molecule has 2 rings (SSSR count). The van der Waals surface area contributed by atoms with Crippen molar-refractivity contribution >= 4 is 27.5 Å². The number of carbonyl (C=O) groups is 1. The van der Waals surface area contributed by atoms with E-state index in [-0.39, 0.29) is 12.5 Å². The lowest BCUT2D eigenvalue weighted by Gasteiger charge is -2.06. The van der Waals surface area contributed by atoms with Gasteiger partial charge in [-0.05, 0) is 15.9 Å². The molecule has 0 aromatic carbocycles. The van der Waals surface area contributed by atoms with Gasteiger partial charge in [-0.15, -0.1) is 0 Å². The average Bonchev–Trinajstić information content (AvgIpc) is 2.82. The number of ether oxygens (including phenoxy) is 1. The Morgan fingerprint density at radius 1 is 1.45 bits per heavy atom. The van der Waals surface area contributed by atoms with Crippen LogP contribution in [0.2, 0.25) is 0 Å². The zero-order valence-corrected chi connectivity index (χ0v) is 12.7. The minimum absolute atomic E-state index is 0.0567. The second-order valence-corrected chi connectivity index (χ2v) is 4.95. The van der Waals surface area contributed by atoms with Crippen molar-refractivity contribution < 1.29 is 9.53 Å². The van der Waals surface area contributed by atoms with Gasteiger partial charge in [0, 0.05) is 26.4 Å². The summed E-state index contributed by atoms with van der Waals surface area (Å²) in [6, 6.07) is 0. The van der Waals surface area contributed by atoms with Gasteiger partial charge in [-0.2, -0.15) is 0 Å². The summed E-state index contributed by atoms with van der Waals surface area (Å²) in [7, 11) is 1.60. The van der Waals surface area contributed by atoms with Gasteiger partial charge in [0.25, 0.3) is 0 Å². The predicted molar refractivity (Wildman–Crippen MR) is 77.3 cm³/mol. The van der Waals surface area contributed by atoms with Crippen LogP contribution < -0.4 is 10.6 Å². The van der Waals surface area contributed by atoms with Crippen molar-refractivity contribution in [2.45, 2.75) is 6.54 Å². The molecule has 1 amide bonds. The number of imidazole rings is 1. The Kier molecular flexibility index (Phi) is 5.45. The minimum Gasteiger partial charge on any atom is -0.383 e. The van der Waals surface area contributed by atoms with E-state index in [1.807, 2.05) is 10.6 Å². The minimum atomic E-state index is -0.0567. The van der Waals surface area contributed by atoms with Crippen molar-refractivity contribution in [2.24, 2.45) is 0 Å². The number of carbonyl (C=O) groups excluding carboxylic acids is 1. The fourth-order valence-corrected chi connectivity index (χ4v) is 2.01. The summed E-state index contributed by atoms with van der Waals surface area (Å²) in [6.07, 6.45) is 5.29. The van der Waals surface area contributed by atoms with Crippen molar-refractivity contribution in [1.82, 2.24) is 25.0 Å². The van der Waals surface area contributed by atoms with Crippen LogP contribution in [0.4, 0.5) is 0 Å². The van der Waals surface area contributed by atoms with E-state index in [1.54, 1.807) is 19.5 Å². The number of aromatic nitrogens is 3. The maximum absolute atomic E-state index is 11.5. The Labute approximate surface area is 124 Å². The summed E-state index contributed by atoms with van der Waals surface area (Å²) in [6.45, 7) is 1.84. The second-order valence-electron chi connectivity index (χ2n) is 4.13. The molecule has 0 saturated heterocycles. The monoisotopic (exact) mass is 341 g/mol. The fraction of sp³-hybridized carbons (Fsp3) is 0.417. The van der Waals surface area contributed by atoms with Gasteiger partial charge in [0.1, 0.15) is 4.60 Å². The summed E-state index contributed by atoms with van der Waals surface area (Å²) >= 11 is 3.32. The van der Waals surface area contributed by atoms with Crippen LogP contribution in [0.3, 0.4) is 0 Å². The number of amides is 1. The van der Waals surface area contributed by atoms with Crippen LogP contribution in [0.15, 0.2) is 23.2 Å². The van der Waals surface area contributed by atoms with Crippen LogP contribution >= 0.6 is 15.9 Å². The van der Waals surface area contributed by atoms with Crippen LogP contribution in [-0.4, -0.2) is 47.1 Å². The van der Waals surface area contributed by atoms with Gasteiger partial charge in [0.05, 0.1) is 31.2 Å². The topological polar surface area (TPSA) is 80.5 Å². The standard InChI is InChI=1S/C12H16BrN5O2/c1-20-3-2-15-12(19)7-14-4-9-5-17-11-6-16-10(13)8-18(9)11/h5-6,8,14H,2-4,7H2,1H3,(H,15,19). The molecule has 2 aromatic rings. The lowest BCUT2D eigenvalue weighted by Crippen LogP contribution is -2.35. The summed E-state index contributed by atoms with van der Waals surface area (Å²) in [4.78, 5) is 19.8. The third-order valence-electron chi connectivity index (χ3n) is 2.66. The molecule has 2 aromatic heterocycles. The molecular weight excluding hydrogens is 326 g/mol. The molecule has 0 aliphatic heterocycles. The number of hydrogen-bond acceptors (Lipinski definition) is 5. The molecule has 0 unspecified atom stereocenters. The molecule has 0 radical (unpaired) electrons. The molecule has 0 spiro atoms. The number of nitrogens with one attached hydrogen (secondary N) is 2. The molecule has 0 saturated carbocycles. The van der Waals surface area contributed by atoms with E-state index >= 15 is 0 Å². The van der Waals surface area contributed by atoms with E-state index in [0.717, 1.165) is 15.9 Å². The number of rotatable bonds is 7. The van der Waals surface area contributed by atoms with E-state index in [1.165, 1.54) is 0 Å². The first kappa shape index (κ1) is 14.9. The molecule has 0 aliphatic carbocycles. The fourth-order valence-electron chi connectivity index (χ4n) is 1.71. The van der Waals surface area contributed by atoms with Gasteiger partial charge < -0.3 is 15.4 Å². The molecule has 0 aliphatic rings. The number of halogens is 1. The average molecular weight is 342 g/mol. The lowest BCUT2D eigenvalue weighted by molar-refractivity contribution is -0.120. The number of methoxy groups -OCH3 is 1. The van der Waals surface area contributed by atoms with Crippen molar-refractivity contribution in [3.05, 3.63) is 28.9 Å². The molecule has 8 heteroatoms. The van der Waals surface area contributed by atoms with E-state index in [9.17, 15) is 4.79 Å². The smallest absolute Gasteiger partial charge is 0.234 e. The molecule has 2 N–H and O–H groups in total. The number of fused-ring (bicyclic) bond motifs is 1. The van der Waals surface area contributed by atoms with Gasteiger partial charge in [-0.1, -0.05) is 0 Å². The largest absolute Gasteiger partial charge is 0.383 e. The van der Waals surface area contributed by atoms with Gasteiger partial charge >= 0.3 is 0 Å². The lowest BCUT2D eigenvalue weighted by atomic mass is 10.4.